The van der Waals surface area contributed by atoms with Crippen LogP contribution in [0, 0.1) is 34.0 Å². The van der Waals surface area contributed by atoms with Crippen LogP contribution >= 0.6 is 0 Å². The first-order valence-corrected chi connectivity index (χ1v) is 9.17. The highest BCUT2D eigenvalue weighted by Gasteiger charge is 2.31. The number of aromatic nitrogens is 1. The molecule has 3 N–H and O–H groups in total. The lowest BCUT2D eigenvalue weighted by molar-refractivity contribution is -0.347. The van der Waals surface area contributed by atoms with Gasteiger partial charge in [0.1, 0.15) is 29.0 Å². The summed E-state index contributed by atoms with van der Waals surface area (Å²) < 4.78 is 10.6. The van der Waals surface area contributed by atoms with Crippen LogP contribution in [0.5, 0.6) is 5.75 Å². The molecule has 0 radical (unpaired) electrons. The highest BCUT2D eigenvalue weighted by Crippen LogP contribution is 2.33. The molecular weight excluding hydrogens is 368 g/mol. The molecule has 1 fully saturated rings. The molecular formula is C21H21N6O2+. The van der Waals surface area contributed by atoms with E-state index in [0.29, 0.717) is 49.9 Å². The second kappa shape index (κ2) is 8.93. The van der Waals surface area contributed by atoms with Crippen molar-refractivity contribution in [2.75, 3.05) is 44.0 Å². The molecule has 1 aromatic carbocycles. The van der Waals surface area contributed by atoms with Gasteiger partial charge in [-0.3, -0.25) is 4.90 Å². The smallest absolute Gasteiger partial charge is 0.240 e. The topological polar surface area (TPSA) is 133 Å². The molecule has 1 saturated heterocycles. The van der Waals surface area contributed by atoms with Gasteiger partial charge >= 0.3 is 0 Å². The third kappa shape index (κ3) is 4.06. The van der Waals surface area contributed by atoms with Crippen LogP contribution < -0.4 is 20.4 Å². The summed E-state index contributed by atoms with van der Waals surface area (Å²) in [7, 11) is 1.57. The Kier molecular flexibility index (Phi) is 6.14. The molecule has 0 aliphatic carbocycles. The Labute approximate surface area is 169 Å². The number of H-pyrrole nitrogens is 1. The lowest BCUT2D eigenvalue weighted by Gasteiger charge is -2.26. The molecule has 0 saturated carbocycles. The van der Waals surface area contributed by atoms with Gasteiger partial charge in [-0.25, -0.2) is 4.98 Å². The number of anilines is 2. The molecule has 0 unspecified atom stereocenters. The monoisotopic (exact) mass is 389 g/mol. The third-order valence-electron chi connectivity index (χ3n) is 4.93. The Balaban J connectivity index is 2.12. The number of morpholine rings is 1. The number of aromatic amines is 1. The summed E-state index contributed by atoms with van der Waals surface area (Å²) in [5.74, 6) is 0.625. The average molecular weight is 389 g/mol. The molecule has 0 spiro atoms. The van der Waals surface area contributed by atoms with Gasteiger partial charge in [0.2, 0.25) is 11.6 Å². The third-order valence-corrected chi connectivity index (χ3v) is 4.93. The van der Waals surface area contributed by atoms with Crippen molar-refractivity contribution >= 4 is 11.6 Å². The minimum absolute atomic E-state index is 0.132. The quantitative estimate of drug-likeness (QED) is 0.819. The van der Waals surface area contributed by atoms with Gasteiger partial charge < -0.3 is 15.2 Å². The number of benzene rings is 1. The Morgan fingerprint density at radius 3 is 2.55 bits per heavy atom. The molecule has 1 aliphatic rings. The van der Waals surface area contributed by atoms with E-state index in [1.165, 1.54) is 0 Å². The van der Waals surface area contributed by atoms with E-state index in [2.05, 4.69) is 23.2 Å². The zero-order chi connectivity index (χ0) is 20.8. The fourth-order valence-corrected chi connectivity index (χ4v) is 3.50. The lowest BCUT2D eigenvalue weighted by Crippen LogP contribution is -2.41. The second-order valence-corrected chi connectivity index (χ2v) is 6.61. The fraction of sp³-hybridized carbons (Fsp3) is 0.333. The minimum atomic E-state index is -0.719. The number of pyridine rings is 1. The number of nitrogens with zero attached hydrogens (tertiary/aromatic N) is 4. The van der Waals surface area contributed by atoms with Crippen LogP contribution in [0.2, 0.25) is 0 Å². The van der Waals surface area contributed by atoms with E-state index in [1.807, 2.05) is 29.2 Å². The maximum absolute atomic E-state index is 9.93. The Hall–Kier alpha value is -3.80. The van der Waals surface area contributed by atoms with Gasteiger partial charge in [-0.1, -0.05) is 12.1 Å². The number of hydrogen-bond donors (Lipinski definition) is 1. The van der Waals surface area contributed by atoms with E-state index in [4.69, 9.17) is 15.2 Å². The van der Waals surface area contributed by atoms with Gasteiger partial charge in [0.25, 0.3) is 0 Å². The molecule has 8 heteroatoms. The van der Waals surface area contributed by atoms with Crippen molar-refractivity contribution in [2.45, 2.75) is 12.3 Å². The number of nitrogens with two attached hydrogens (primary N) is 1. The van der Waals surface area contributed by atoms with Crippen LogP contribution in [-0.4, -0.2) is 33.4 Å². The SMILES string of the molecule is COc1cccc(C[C@H](C#N)c2c(C#N)c(N)[nH+]c(N3CCOCC3)c2C#N)c1. The van der Waals surface area contributed by atoms with Gasteiger partial charge in [-0.05, 0) is 24.1 Å². The molecule has 1 aromatic heterocycles. The first kappa shape index (κ1) is 19.9. The number of nitrogens with one attached hydrogen (secondary N) is 1. The van der Waals surface area contributed by atoms with Crippen molar-refractivity contribution in [3.63, 3.8) is 0 Å². The summed E-state index contributed by atoms with van der Waals surface area (Å²) in [5, 5.41) is 29.5. The minimum Gasteiger partial charge on any atom is -0.497 e. The predicted molar refractivity (Wildman–Crippen MR) is 105 cm³/mol. The zero-order valence-corrected chi connectivity index (χ0v) is 16.1. The summed E-state index contributed by atoms with van der Waals surface area (Å²) in [5.41, 5.74) is 7.75. The van der Waals surface area contributed by atoms with Gasteiger partial charge in [0.15, 0.2) is 0 Å². The average Bonchev–Trinajstić information content (AvgIpc) is 2.77. The first-order chi connectivity index (χ1) is 14.1. The van der Waals surface area contributed by atoms with Gasteiger partial charge in [0, 0.05) is 5.56 Å². The molecule has 29 heavy (non-hydrogen) atoms. The summed E-state index contributed by atoms with van der Waals surface area (Å²) in [6, 6.07) is 13.9. The summed E-state index contributed by atoms with van der Waals surface area (Å²) in [6.45, 7) is 2.23. The lowest BCUT2D eigenvalue weighted by atomic mass is 9.87. The normalized spacial score (nSPS) is 14.3. The largest absolute Gasteiger partial charge is 0.497 e. The van der Waals surface area contributed by atoms with Crippen molar-refractivity contribution in [3.8, 4) is 24.0 Å². The van der Waals surface area contributed by atoms with Gasteiger partial charge in [-0.15, -0.1) is 0 Å². The number of nitriles is 3. The summed E-state index contributed by atoms with van der Waals surface area (Å²) in [4.78, 5) is 4.95. The van der Waals surface area contributed by atoms with Crippen LogP contribution in [0.4, 0.5) is 11.6 Å². The zero-order valence-electron chi connectivity index (χ0n) is 16.1. The predicted octanol–water partition coefficient (Wildman–Crippen LogP) is 1.52. The maximum Gasteiger partial charge on any atom is 0.240 e. The number of hydrogen-bond acceptors (Lipinski definition) is 7. The van der Waals surface area contributed by atoms with Crippen molar-refractivity contribution < 1.29 is 14.5 Å². The van der Waals surface area contributed by atoms with Crippen LogP contribution in [-0.2, 0) is 11.2 Å². The molecule has 1 atom stereocenters. The Morgan fingerprint density at radius 1 is 1.21 bits per heavy atom. The van der Waals surface area contributed by atoms with Crippen molar-refractivity contribution in [1.29, 1.82) is 15.8 Å². The maximum atomic E-state index is 9.93. The molecule has 8 nitrogen and oxygen atoms in total. The number of methoxy groups -OCH3 is 1. The fourth-order valence-electron chi connectivity index (χ4n) is 3.50. The first-order valence-electron chi connectivity index (χ1n) is 9.17. The van der Waals surface area contributed by atoms with Crippen LogP contribution in [0.1, 0.15) is 28.2 Å². The molecule has 3 rings (SSSR count). The van der Waals surface area contributed by atoms with E-state index < -0.39 is 5.92 Å². The Morgan fingerprint density at radius 2 is 1.93 bits per heavy atom. The molecule has 1 aliphatic heterocycles. The second-order valence-electron chi connectivity index (χ2n) is 6.61. The molecule has 146 valence electrons. The molecule has 0 amide bonds. The van der Waals surface area contributed by atoms with E-state index in [1.54, 1.807) is 7.11 Å². The molecule has 0 bridgehead atoms. The van der Waals surface area contributed by atoms with Gasteiger partial charge in [0.05, 0.1) is 45.4 Å². The van der Waals surface area contributed by atoms with Crippen LogP contribution in [0.3, 0.4) is 0 Å². The molecule has 2 heterocycles. The number of nitrogen functional groups attached to an aromatic ring is 1. The Bertz CT molecular complexity index is 1030. The van der Waals surface area contributed by atoms with Crippen molar-refractivity contribution in [3.05, 3.63) is 46.5 Å². The molecule has 2 aromatic rings. The number of ether oxygens (including phenoxy) is 2. The number of rotatable bonds is 5. The van der Waals surface area contributed by atoms with E-state index >= 15 is 0 Å². The van der Waals surface area contributed by atoms with Crippen molar-refractivity contribution in [2.24, 2.45) is 0 Å². The van der Waals surface area contributed by atoms with Gasteiger partial charge in [-0.2, -0.15) is 15.8 Å². The van der Waals surface area contributed by atoms with Crippen LogP contribution in [0.25, 0.3) is 0 Å². The highest BCUT2D eigenvalue weighted by molar-refractivity contribution is 5.66. The summed E-state index contributed by atoms with van der Waals surface area (Å²) in [6.07, 6.45) is 0.322. The summed E-state index contributed by atoms with van der Waals surface area (Å²) >= 11 is 0. The van der Waals surface area contributed by atoms with E-state index in [-0.39, 0.29) is 16.9 Å². The van der Waals surface area contributed by atoms with E-state index in [0.717, 1.165) is 5.56 Å². The van der Waals surface area contributed by atoms with Crippen molar-refractivity contribution in [1.82, 2.24) is 0 Å². The highest BCUT2D eigenvalue weighted by atomic mass is 16.5. The standard InChI is InChI=1S/C21H20N6O2/c1-28-16-4-2-3-14(10-16)9-15(11-22)19-17(12-23)20(25)26-21(18(19)13-24)27-5-7-29-8-6-27/h2-4,10,15H,5-9H2,1H3,(H2,25,26)/p+1/t15-/m1/s1. The van der Waals surface area contributed by atoms with E-state index in [9.17, 15) is 15.8 Å². The van der Waals surface area contributed by atoms with Crippen LogP contribution in [0.15, 0.2) is 24.3 Å².